The van der Waals surface area contributed by atoms with E-state index in [0.29, 0.717) is 12.1 Å². The van der Waals surface area contributed by atoms with Crippen molar-refractivity contribution in [1.82, 2.24) is 5.32 Å². The molecule has 0 bridgehead atoms. The highest BCUT2D eigenvalue weighted by molar-refractivity contribution is 6.40. The highest BCUT2D eigenvalue weighted by Crippen LogP contribution is 2.26. The summed E-state index contributed by atoms with van der Waals surface area (Å²) in [5.74, 6) is 1.31. The van der Waals surface area contributed by atoms with Crippen LogP contribution >= 0.6 is 0 Å². The van der Waals surface area contributed by atoms with Crippen LogP contribution in [0.25, 0.3) is 0 Å². The Bertz CT molecular complexity index is 854. The SMILES string of the molecule is CC(=O)[C@@H]1CC(C(=O)N[C@@H](C)c2cc(C)oc2C)=NN1c1ccccc1. The van der Waals surface area contributed by atoms with Crippen LogP contribution in [0.4, 0.5) is 5.69 Å². The summed E-state index contributed by atoms with van der Waals surface area (Å²) in [6.45, 7) is 7.18. The molecule has 136 valence electrons. The van der Waals surface area contributed by atoms with E-state index < -0.39 is 6.04 Å². The molecule has 1 N–H and O–H groups in total. The molecule has 2 aromatic rings. The molecule has 3 rings (SSSR count). The number of nitrogens with zero attached hydrogens (tertiary/aromatic N) is 2. The number of furan rings is 1. The molecule has 1 aromatic heterocycles. The Morgan fingerprint density at radius 1 is 1.27 bits per heavy atom. The number of para-hydroxylation sites is 1. The molecule has 6 nitrogen and oxygen atoms in total. The Kier molecular flexibility index (Phi) is 4.93. The van der Waals surface area contributed by atoms with Crippen molar-refractivity contribution in [2.24, 2.45) is 5.10 Å². The first-order chi connectivity index (χ1) is 12.4. The van der Waals surface area contributed by atoms with Gasteiger partial charge >= 0.3 is 0 Å². The second-order valence-corrected chi connectivity index (χ2v) is 6.62. The molecule has 1 amide bonds. The number of ketones is 1. The summed E-state index contributed by atoms with van der Waals surface area (Å²) in [5, 5.41) is 9.02. The Labute approximate surface area is 152 Å². The van der Waals surface area contributed by atoms with E-state index in [9.17, 15) is 9.59 Å². The quantitative estimate of drug-likeness (QED) is 0.895. The number of hydrazone groups is 1. The minimum atomic E-state index is -0.452. The maximum absolute atomic E-state index is 12.7. The number of hydrogen-bond donors (Lipinski definition) is 1. The molecule has 0 radical (unpaired) electrons. The van der Waals surface area contributed by atoms with Gasteiger partial charge in [-0.2, -0.15) is 5.10 Å². The minimum Gasteiger partial charge on any atom is -0.466 e. The fourth-order valence-corrected chi connectivity index (χ4v) is 3.22. The second kappa shape index (κ2) is 7.15. The number of benzene rings is 1. The third-order valence-corrected chi connectivity index (χ3v) is 4.56. The van der Waals surface area contributed by atoms with Crippen molar-refractivity contribution in [3.8, 4) is 0 Å². The molecule has 26 heavy (non-hydrogen) atoms. The lowest BCUT2D eigenvalue weighted by Gasteiger charge is -2.20. The predicted molar refractivity (Wildman–Crippen MR) is 100 cm³/mol. The van der Waals surface area contributed by atoms with Crippen LogP contribution in [0.5, 0.6) is 0 Å². The van der Waals surface area contributed by atoms with Gasteiger partial charge in [0.1, 0.15) is 23.3 Å². The molecule has 0 fully saturated rings. The van der Waals surface area contributed by atoms with Crippen molar-refractivity contribution >= 4 is 23.1 Å². The number of rotatable bonds is 5. The van der Waals surface area contributed by atoms with Crippen LogP contribution in [0, 0.1) is 13.8 Å². The van der Waals surface area contributed by atoms with E-state index in [1.807, 2.05) is 57.2 Å². The van der Waals surface area contributed by atoms with Crippen LogP contribution in [-0.2, 0) is 9.59 Å². The van der Waals surface area contributed by atoms with E-state index in [2.05, 4.69) is 10.4 Å². The number of aryl methyl sites for hydroxylation is 2. The first-order valence-corrected chi connectivity index (χ1v) is 8.67. The zero-order valence-corrected chi connectivity index (χ0v) is 15.4. The van der Waals surface area contributed by atoms with Gasteiger partial charge in [0, 0.05) is 12.0 Å². The van der Waals surface area contributed by atoms with E-state index >= 15 is 0 Å². The minimum absolute atomic E-state index is 0.0187. The smallest absolute Gasteiger partial charge is 0.268 e. The number of hydrogen-bond acceptors (Lipinski definition) is 5. The van der Waals surface area contributed by atoms with E-state index in [1.165, 1.54) is 6.92 Å². The summed E-state index contributed by atoms with van der Waals surface area (Å²) < 4.78 is 5.53. The number of carbonyl (C=O) groups excluding carboxylic acids is 2. The lowest BCUT2D eigenvalue weighted by Crippen LogP contribution is -2.35. The van der Waals surface area contributed by atoms with Crippen LogP contribution in [-0.4, -0.2) is 23.4 Å². The number of carbonyl (C=O) groups is 2. The van der Waals surface area contributed by atoms with Gasteiger partial charge in [0.05, 0.1) is 11.7 Å². The van der Waals surface area contributed by atoms with E-state index in [-0.39, 0.29) is 17.7 Å². The topological polar surface area (TPSA) is 74.9 Å². The summed E-state index contributed by atoms with van der Waals surface area (Å²) in [5.41, 5.74) is 2.10. The predicted octanol–water partition coefficient (Wildman–Crippen LogP) is 3.30. The van der Waals surface area contributed by atoms with Crippen molar-refractivity contribution in [3.05, 3.63) is 53.5 Å². The summed E-state index contributed by atoms with van der Waals surface area (Å²) in [6.07, 6.45) is 0.298. The molecule has 0 spiro atoms. The van der Waals surface area contributed by atoms with Crippen LogP contribution in [0.1, 0.15) is 43.4 Å². The van der Waals surface area contributed by atoms with Gasteiger partial charge in [-0.15, -0.1) is 0 Å². The highest BCUT2D eigenvalue weighted by atomic mass is 16.3. The Hall–Kier alpha value is -2.89. The molecule has 1 aliphatic heterocycles. The highest BCUT2D eigenvalue weighted by Gasteiger charge is 2.34. The molecule has 1 aliphatic rings. The van der Waals surface area contributed by atoms with E-state index in [0.717, 1.165) is 22.8 Å². The van der Waals surface area contributed by atoms with Gasteiger partial charge < -0.3 is 9.73 Å². The van der Waals surface area contributed by atoms with Crippen LogP contribution in [0.3, 0.4) is 0 Å². The number of amides is 1. The maximum Gasteiger partial charge on any atom is 0.268 e. The van der Waals surface area contributed by atoms with Crippen molar-refractivity contribution in [2.45, 2.75) is 46.2 Å². The molecule has 0 unspecified atom stereocenters. The first-order valence-electron chi connectivity index (χ1n) is 8.67. The number of nitrogens with one attached hydrogen (secondary N) is 1. The third-order valence-electron chi connectivity index (χ3n) is 4.56. The standard InChI is InChI=1S/C20H23N3O3/c1-12-10-17(15(4)26-12)13(2)21-20(25)18-11-19(14(3)24)23(22-18)16-8-6-5-7-9-16/h5-10,13,19H,11H2,1-4H3,(H,21,25)/t13-,19-/m0/s1. The van der Waals surface area contributed by atoms with Crippen LogP contribution < -0.4 is 10.3 Å². The largest absolute Gasteiger partial charge is 0.466 e. The van der Waals surface area contributed by atoms with Gasteiger partial charge in [0.2, 0.25) is 0 Å². The normalized spacial score (nSPS) is 17.8. The fourth-order valence-electron chi connectivity index (χ4n) is 3.22. The van der Waals surface area contributed by atoms with Crippen molar-refractivity contribution in [3.63, 3.8) is 0 Å². The van der Waals surface area contributed by atoms with Gasteiger partial charge in [-0.25, -0.2) is 0 Å². The Morgan fingerprint density at radius 3 is 2.54 bits per heavy atom. The maximum atomic E-state index is 12.7. The molecule has 0 aliphatic carbocycles. The summed E-state index contributed by atoms with van der Waals surface area (Å²) >= 11 is 0. The van der Waals surface area contributed by atoms with E-state index in [1.54, 1.807) is 5.01 Å². The first kappa shape index (κ1) is 17.9. The molecular formula is C20H23N3O3. The van der Waals surface area contributed by atoms with Gasteiger partial charge in [-0.3, -0.25) is 14.6 Å². The molecular weight excluding hydrogens is 330 g/mol. The molecule has 2 heterocycles. The van der Waals surface area contributed by atoms with Crippen LogP contribution in [0.15, 0.2) is 45.9 Å². The molecule has 2 atom stereocenters. The van der Waals surface area contributed by atoms with Crippen LogP contribution in [0.2, 0.25) is 0 Å². The monoisotopic (exact) mass is 353 g/mol. The molecule has 1 aromatic carbocycles. The summed E-state index contributed by atoms with van der Waals surface area (Å²) in [6, 6.07) is 10.7. The van der Waals surface area contributed by atoms with Crippen molar-refractivity contribution in [1.29, 1.82) is 0 Å². The summed E-state index contributed by atoms with van der Waals surface area (Å²) in [7, 11) is 0. The van der Waals surface area contributed by atoms with E-state index in [4.69, 9.17) is 4.42 Å². The lowest BCUT2D eigenvalue weighted by atomic mass is 10.1. The number of anilines is 1. The van der Waals surface area contributed by atoms with Gasteiger partial charge in [-0.1, -0.05) is 18.2 Å². The van der Waals surface area contributed by atoms with Gasteiger partial charge in [0.25, 0.3) is 5.91 Å². The zero-order chi connectivity index (χ0) is 18.8. The Morgan fingerprint density at radius 2 is 1.96 bits per heavy atom. The molecule has 0 saturated heterocycles. The molecule has 0 saturated carbocycles. The summed E-state index contributed by atoms with van der Waals surface area (Å²) in [4.78, 5) is 24.7. The van der Waals surface area contributed by atoms with Crippen molar-refractivity contribution < 1.29 is 14.0 Å². The average Bonchev–Trinajstić information content (AvgIpc) is 3.19. The average molecular weight is 353 g/mol. The fraction of sp³-hybridized carbons (Fsp3) is 0.350. The number of Topliss-reactive ketones (excluding diaryl/α,β-unsaturated/α-hetero) is 1. The zero-order valence-electron chi connectivity index (χ0n) is 15.4. The van der Waals surface area contributed by atoms with Gasteiger partial charge in [-0.05, 0) is 45.9 Å². The Balaban J connectivity index is 1.78. The lowest BCUT2D eigenvalue weighted by molar-refractivity contribution is -0.118. The second-order valence-electron chi connectivity index (χ2n) is 6.62. The van der Waals surface area contributed by atoms with Crippen molar-refractivity contribution in [2.75, 3.05) is 5.01 Å². The third kappa shape index (κ3) is 3.54. The van der Waals surface area contributed by atoms with Gasteiger partial charge in [0.15, 0.2) is 5.78 Å². The molecule has 6 heteroatoms.